The van der Waals surface area contributed by atoms with Crippen LogP contribution in [-0.2, 0) is 4.84 Å². The molecule has 5 heteroatoms. The van der Waals surface area contributed by atoms with Crippen molar-refractivity contribution >= 4 is 16.9 Å². The van der Waals surface area contributed by atoms with Crippen molar-refractivity contribution < 1.29 is 18.8 Å². The Hall–Kier alpha value is -2.01. The standard InChI is InChI=1S/C14H17NO4/c1-4-17-10-6-7-12-11(8-10)9(3)13(19-12)14(16)15-18-5-2/h6-8H,4-5H2,1-3H3,(H,15,16). The van der Waals surface area contributed by atoms with Gasteiger partial charge in [0.25, 0.3) is 0 Å². The molecule has 2 aromatic rings. The van der Waals surface area contributed by atoms with E-state index >= 15 is 0 Å². The third-order valence-electron chi connectivity index (χ3n) is 2.73. The smallest absolute Gasteiger partial charge is 0.310 e. The summed E-state index contributed by atoms with van der Waals surface area (Å²) in [4.78, 5) is 16.7. The number of nitrogens with one attached hydrogen (secondary N) is 1. The van der Waals surface area contributed by atoms with Gasteiger partial charge < -0.3 is 9.15 Å². The Morgan fingerprint density at radius 2 is 2.11 bits per heavy atom. The van der Waals surface area contributed by atoms with Crippen LogP contribution < -0.4 is 10.2 Å². The summed E-state index contributed by atoms with van der Waals surface area (Å²) in [6.07, 6.45) is 0. The molecule has 19 heavy (non-hydrogen) atoms. The van der Waals surface area contributed by atoms with Crippen LogP contribution in [0, 0.1) is 6.92 Å². The highest BCUT2D eigenvalue weighted by Gasteiger charge is 2.18. The fourth-order valence-corrected chi connectivity index (χ4v) is 1.86. The van der Waals surface area contributed by atoms with Gasteiger partial charge in [0.05, 0.1) is 13.2 Å². The van der Waals surface area contributed by atoms with Crippen LogP contribution >= 0.6 is 0 Å². The molecule has 1 heterocycles. The minimum atomic E-state index is -0.381. The largest absolute Gasteiger partial charge is 0.494 e. The first kappa shape index (κ1) is 13.4. The van der Waals surface area contributed by atoms with E-state index in [4.69, 9.17) is 14.0 Å². The zero-order valence-electron chi connectivity index (χ0n) is 11.3. The summed E-state index contributed by atoms with van der Waals surface area (Å²) in [5, 5.41) is 0.868. The number of amides is 1. The molecular weight excluding hydrogens is 246 g/mol. The maximum atomic E-state index is 11.8. The van der Waals surface area contributed by atoms with Crippen molar-refractivity contribution in [1.29, 1.82) is 0 Å². The molecule has 1 N–H and O–H groups in total. The average Bonchev–Trinajstić information content (AvgIpc) is 2.74. The van der Waals surface area contributed by atoms with Crippen LogP contribution in [0.2, 0.25) is 0 Å². The number of hydroxylamine groups is 1. The normalized spacial score (nSPS) is 10.7. The van der Waals surface area contributed by atoms with E-state index in [0.717, 1.165) is 16.7 Å². The lowest BCUT2D eigenvalue weighted by Crippen LogP contribution is -2.23. The molecule has 0 spiro atoms. The number of carbonyl (C=O) groups is 1. The van der Waals surface area contributed by atoms with Gasteiger partial charge in [-0.2, -0.15) is 0 Å². The van der Waals surface area contributed by atoms with Crippen molar-refractivity contribution in [3.05, 3.63) is 29.5 Å². The molecule has 1 aromatic heterocycles. The van der Waals surface area contributed by atoms with E-state index in [-0.39, 0.29) is 11.7 Å². The molecule has 0 radical (unpaired) electrons. The fraction of sp³-hybridized carbons (Fsp3) is 0.357. The van der Waals surface area contributed by atoms with Gasteiger partial charge in [0.15, 0.2) is 5.76 Å². The van der Waals surface area contributed by atoms with Crippen molar-refractivity contribution in [3.8, 4) is 5.75 Å². The third-order valence-corrected chi connectivity index (χ3v) is 2.73. The predicted octanol–water partition coefficient (Wildman–Crippen LogP) is 2.82. The number of carbonyl (C=O) groups excluding carboxylic acids is 1. The molecule has 5 nitrogen and oxygen atoms in total. The van der Waals surface area contributed by atoms with Crippen molar-refractivity contribution in [2.75, 3.05) is 13.2 Å². The summed E-state index contributed by atoms with van der Waals surface area (Å²) in [7, 11) is 0. The molecule has 0 aliphatic carbocycles. The molecule has 0 saturated heterocycles. The summed E-state index contributed by atoms with van der Waals surface area (Å²) < 4.78 is 11.0. The molecule has 0 aliphatic rings. The second kappa shape index (κ2) is 5.75. The molecule has 2 rings (SSSR count). The zero-order valence-corrected chi connectivity index (χ0v) is 11.3. The highest BCUT2D eigenvalue weighted by molar-refractivity contribution is 5.98. The molecule has 0 fully saturated rings. The highest BCUT2D eigenvalue weighted by atomic mass is 16.7. The Balaban J connectivity index is 2.36. The summed E-state index contributed by atoms with van der Waals surface area (Å²) in [5.74, 6) is 0.640. The fourth-order valence-electron chi connectivity index (χ4n) is 1.86. The van der Waals surface area contributed by atoms with Gasteiger partial charge in [-0.05, 0) is 39.0 Å². The number of rotatable bonds is 5. The van der Waals surface area contributed by atoms with Gasteiger partial charge in [0.2, 0.25) is 0 Å². The van der Waals surface area contributed by atoms with Crippen molar-refractivity contribution in [2.45, 2.75) is 20.8 Å². The first-order valence-corrected chi connectivity index (χ1v) is 6.25. The van der Waals surface area contributed by atoms with E-state index in [2.05, 4.69) is 5.48 Å². The molecule has 1 amide bonds. The molecule has 0 bridgehead atoms. The number of hydrogen-bond acceptors (Lipinski definition) is 4. The molecule has 0 saturated carbocycles. The first-order chi connectivity index (χ1) is 9.17. The van der Waals surface area contributed by atoms with E-state index in [1.54, 1.807) is 13.0 Å². The minimum Gasteiger partial charge on any atom is -0.494 e. The van der Waals surface area contributed by atoms with Crippen molar-refractivity contribution in [3.63, 3.8) is 0 Å². The summed E-state index contributed by atoms with van der Waals surface area (Å²) >= 11 is 0. The summed E-state index contributed by atoms with van der Waals surface area (Å²) in [6, 6.07) is 5.49. The second-order valence-corrected chi connectivity index (χ2v) is 4.01. The van der Waals surface area contributed by atoms with Crippen LogP contribution in [0.15, 0.2) is 22.6 Å². The van der Waals surface area contributed by atoms with Crippen LogP contribution in [0.1, 0.15) is 30.0 Å². The molecular formula is C14H17NO4. The van der Waals surface area contributed by atoms with Gasteiger partial charge in [0, 0.05) is 10.9 Å². The third kappa shape index (κ3) is 2.71. The lowest BCUT2D eigenvalue weighted by molar-refractivity contribution is 0.0341. The van der Waals surface area contributed by atoms with Gasteiger partial charge in [-0.15, -0.1) is 0 Å². The van der Waals surface area contributed by atoms with Crippen LogP contribution in [0.25, 0.3) is 11.0 Å². The Kier molecular flexibility index (Phi) is 4.06. The summed E-state index contributed by atoms with van der Waals surface area (Å²) in [5.41, 5.74) is 3.75. The predicted molar refractivity (Wildman–Crippen MR) is 71.2 cm³/mol. The lowest BCUT2D eigenvalue weighted by Gasteiger charge is -2.02. The SMILES string of the molecule is CCONC(=O)c1oc2ccc(OCC)cc2c1C. The Bertz CT molecular complexity index is 588. The summed E-state index contributed by atoms with van der Waals surface area (Å²) in [6.45, 7) is 6.55. The topological polar surface area (TPSA) is 60.7 Å². The number of hydrogen-bond donors (Lipinski definition) is 1. The van der Waals surface area contributed by atoms with Crippen molar-refractivity contribution in [1.82, 2.24) is 5.48 Å². The van der Waals surface area contributed by atoms with Gasteiger partial charge >= 0.3 is 5.91 Å². The van der Waals surface area contributed by atoms with Gasteiger partial charge in [-0.1, -0.05) is 0 Å². The van der Waals surface area contributed by atoms with E-state index in [9.17, 15) is 4.79 Å². The average molecular weight is 263 g/mol. The van der Waals surface area contributed by atoms with Gasteiger partial charge in [-0.25, -0.2) is 5.48 Å². The van der Waals surface area contributed by atoms with E-state index < -0.39 is 0 Å². The molecule has 0 unspecified atom stereocenters. The Labute approximate surface area is 111 Å². The Morgan fingerprint density at radius 1 is 1.32 bits per heavy atom. The second-order valence-electron chi connectivity index (χ2n) is 4.01. The number of furan rings is 1. The lowest BCUT2D eigenvalue weighted by atomic mass is 10.1. The molecule has 0 aliphatic heterocycles. The van der Waals surface area contributed by atoms with Crippen LogP contribution in [-0.4, -0.2) is 19.1 Å². The van der Waals surface area contributed by atoms with E-state index in [0.29, 0.717) is 18.8 Å². The Morgan fingerprint density at radius 3 is 2.79 bits per heavy atom. The minimum absolute atomic E-state index is 0.261. The first-order valence-electron chi connectivity index (χ1n) is 6.25. The number of fused-ring (bicyclic) bond motifs is 1. The van der Waals surface area contributed by atoms with Gasteiger partial charge in [-0.3, -0.25) is 9.63 Å². The van der Waals surface area contributed by atoms with Crippen LogP contribution in [0.4, 0.5) is 0 Å². The molecule has 0 atom stereocenters. The van der Waals surface area contributed by atoms with Crippen molar-refractivity contribution in [2.24, 2.45) is 0 Å². The zero-order chi connectivity index (χ0) is 13.8. The van der Waals surface area contributed by atoms with E-state index in [1.165, 1.54) is 0 Å². The number of benzene rings is 1. The number of aryl methyl sites for hydroxylation is 1. The molecule has 1 aromatic carbocycles. The van der Waals surface area contributed by atoms with Crippen LogP contribution in [0.3, 0.4) is 0 Å². The van der Waals surface area contributed by atoms with Crippen LogP contribution in [0.5, 0.6) is 5.75 Å². The maximum absolute atomic E-state index is 11.8. The monoisotopic (exact) mass is 263 g/mol. The maximum Gasteiger partial charge on any atom is 0.310 e. The highest BCUT2D eigenvalue weighted by Crippen LogP contribution is 2.28. The quantitative estimate of drug-likeness (QED) is 0.843. The molecule has 102 valence electrons. The van der Waals surface area contributed by atoms with Gasteiger partial charge in [0.1, 0.15) is 11.3 Å². The number of ether oxygens (including phenoxy) is 1. The van der Waals surface area contributed by atoms with E-state index in [1.807, 2.05) is 26.0 Å².